The lowest BCUT2D eigenvalue weighted by Gasteiger charge is -2.15. The van der Waals surface area contributed by atoms with Crippen LogP contribution < -0.4 is 5.32 Å². The quantitative estimate of drug-likeness (QED) is 0.824. The van der Waals surface area contributed by atoms with Gasteiger partial charge in [0.15, 0.2) is 0 Å². The van der Waals surface area contributed by atoms with Crippen molar-refractivity contribution in [1.82, 2.24) is 0 Å². The Morgan fingerprint density at radius 2 is 1.91 bits per heavy atom. The highest BCUT2D eigenvalue weighted by molar-refractivity contribution is 6.32. The molecule has 0 aliphatic carbocycles. The lowest BCUT2D eigenvalue weighted by molar-refractivity contribution is 0.209. The Kier molecular flexibility index (Phi) is 4.92. The monoisotopic (exact) mass is 334 g/mol. The van der Waals surface area contributed by atoms with Gasteiger partial charge < -0.3 is 5.11 Å². The summed E-state index contributed by atoms with van der Waals surface area (Å²) >= 11 is 12.1. The third kappa shape index (κ3) is 3.51. The van der Waals surface area contributed by atoms with E-state index >= 15 is 0 Å². The Balaban J connectivity index is 2.46. The van der Waals surface area contributed by atoms with E-state index in [1.807, 2.05) is 0 Å². The van der Waals surface area contributed by atoms with Crippen LogP contribution in [0.25, 0.3) is 0 Å². The van der Waals surface area contributed by atoms with Crippen LogP contribution in [0.2, 0.25) is 10.0 Å². The van der Waals surface area contributed by atoms with E-state index in [1.54, 1.807) is 37.3 Å². The Bertz CT molecular complexity index is 752. The number of nitrogens with zero attached hydrogens (tertiary/aromatic N) is 1. The van der Waals surface area contributed by atoms with Crippen LogP contribution in [0.5, 0.6) is 0 Å². The highest BCUT2D eigenvalue weighted by atomic mass is 35.5. The molecule has 0 radical (unpaired) electrons. The molecule has 1 amide bonds. The molecule has 0 aromatic heterocycles. The molecule has 6 heteroatoms. The fourth-order valence-electron chi connectivity index (χ4n) is 2.15. The number of anilines is 1. The molecule has 2 rings (SSSR count). The van der Waals surface area contributed by atoms with E-state index in [-0.39, 0.29) is 0 Å². The van der Waals surface area contributed by atoms with Crippen LogP contribution in [0.4, 0.5) is 10.5 Å². The van der Waals surface area contributed by atoms with Gasteiger partial charge in [-0.3, -0.25) is 5.32 Å². The topological polar surface area (TPSA) is 73.1 Å². The maximum Gasteiger partial charge on any atom is 0.409 e. The number of carbonyl (C=O) groups is 1. The summed E-state index contributed by atoms with van der Waals surface area (Å²) < 4.78 is 0. The zero-order valence-electron chi connectivity index (χ0n) is 11.6. The molecule has 0 spiro atoms. The van der Waals surface area contributed by atoms with E-state index in [9.17, 15) is 10.1 Å². The van der Waals surface area contributed by atoms with Gasteiger partial charge in [0.05, 0.1) is 12.0 Å². The number of aryl methyl sites for hydroxylation is 1. The number of hydrogen-bond donors (Lipinski definition) is 2. The van der Waals surface area contributed by atoms with Crippen molar-refractivity contribution in [3.63, 3.8) is 0 Å². The molecule has 1 unspecified atom stereocenters. The number of rotatable bonds is 3. The summed E-state index contributed by atoms with van der Waals surface area (Å²) in [5.74, 6) is -0.553. The number of amides is 1. The van der Waals surface area contributed by atoms with Gasteiger partial charge in [0, 0.05) is 15.7 Å². The molecule has 0 saturated carbocycles. The molecule has 0 fully saturated rings. The molecular formula is C16H12Cl2N2O2. The summed E-state index contributed by atoms with van der Waals surface area (Å²) in [5, 5.41) is 21.5. The van der Waals surface area contributed by atoms with Crippen LogP contribution in [0.3, 0.4) is 0 Å². The van der Waals surface area contributed by atoms with Gasteiger partial charge in [0.25, 0.3) is 0 Å². The minimum Gasteiger partial charge on any atom is -0.465 e. The minimum atomic E-state index is -1.17. The summed E-state index contributed by atoms with van der Waals surface area (Å²) in [6.45, 7) is 1.75. The molecule has 0 heterocycles. The van der Waals surface area contributed by atoms with Gasteiger partial charge in [-0.2, -0.15) is 5.26 Å². The fourth-order valence-corrected chi connectivity index (χ4v) is 2.55. The third-order valence-electron chi connectivity index (χ3n) is 3.23. The van der Waals surface area contributed by atoms with Crippen molar-refractivity contribution < 1.29 is 9.90 Å². The van der Waals surface area contributed by atoms with Crippen LogP contribution in [0.15, 0.2) is 36.4 Å². The average Bonchev–Trinajstić information content (AvgIpc) is 2.46. The second-order valence-electron chi connectivity index (χ2n) is 4.73. The maximum atomic E-state index is 10.7. The number of nitriles is 1. The van der Waals surface area contributed by atoms with Crippen molar-refractivity contribution in [2.24, 2.45) is 0 Å². The van der Waals surface area contributed by atoms with E-state index < -0.39 is 12.0 Å². The number of hydrogen-bond acceptors (Lipinski definition) is 2. The molecule has 0 bridgehead atoms. The lowest BCUT2D eigenvalue weighted by Crippen LogP contribution is -2.09. The van der Waals surface area contributed by atoms with Gasteiger partial charge in [-0.05, 0) is 41.8 Å². The van der Waals surface area contributed by atoms with Crippen molar-refractivity contribution >= 4 is 35.0 Å². The minimum absolute atomic E-state index is 0.329. The average molecular weight is 335 g/mol. The molecular weight excluding hydrogens is 323 g/mol. The summed E-state index contributed by atoms with van der Waals surface area (Å²) in [6, 6.07) is 12.4. The lowest BCUT2D eigenvalue weighted by atomic mass is 9.91. The Morgan fingerprint density at radius 1 is 1.27 bits per heavy atom. The third-order valence-corrected chi connectivity index (χ3v) is 3.81. The van der Waals surface area contributed by atoms with Crippen molar-refractivity contribution in [2.75, 3.05) is 5.32 Å². The number of nitrogens with one attached hydrogen (secondary N) is 1. The van der Waals surface area contributed by atoms with Gasteiger partial charge in [-0.25, -0.2) is 4.79 Å². The summed E-state index contributed by atoms with van der Waals surface area (Å²) in [7, 11) is 0. The number of benzene rings is 2. The second-order valence-corrected chi connectivity index (χ2v) is 5.58. The molecule has 112 valence electrons. The highest BCUT2D eigenvalue weighted by Crippen LogP contribution is 2.34. The Hall–Kier alpha value is -2.22. The summed E-state index contributed by atoms with van der Waals surface area (Å²) in [6.07, 6.45) is -1.17. The van der Waals surface area contributed by atoms with Crippen molar-refractivity contribution in [3.05, 3.63) is 63.1 Å². The first-order chi connectivity index (χ1) is 10.4. The van der Waals surface area contributed by atoms with Gasteiger partial charge in [-0.1, -0.05) is 41.4 Å². The molecule has 0 aliphatic rings. The fraction of sp³-hybridized carbons (Fsp3) is 0.125. The van der Waals surface area contributed by atoms with Gasteiger partial charge in [0.2, 0.25) is 0 Å². The predicted octanol–water partition coefficient (Wildman–Crippen LogP) is 5.05. The standard InChI is InChI=1S/C16H12Cl2N2O2/c1-9-6-12(14(18)7-15(9)20-16(21)22)13(8-19)10-2-4-11(17)5-3-10/h2-7,13,20H,1H3,(H,21,22). The first kappa shape index (κ1) is 16.2. The van der Waals surface area contributed by atoms with Gasteiger partial charge >= 0.3 is 6.09 Å². The second kappa shape index (κ2) is 6.69. The highest BCUT2D eigenvalue weighted by Gasteiger charge is 2.18. The SMILES string of the molecule is Cc1cc(C(C#N)c2ccc(Cl)cc2)c(Cl)cc1NC(=O)O. The summed E-state index contributed by atoms with van der Waals surface area (Å²) in [5.41, 5.74) is 2.48. The molecule has 22 heavy (non-hydrogen) atoms. The van der Waals surface area contributed by atoms with E-state index in [0.717, 1.165) is 5.56 Å². The first-order valence-corrected chi connectivity index (χ1v) is 7.13. The summed E-state index contributed by atoms with van der Waals surface area (Å²) in [4.78, 5) is 10.7. The largest absolute Gasteiger partial charge is 0.465 e. The van der Waals surface area contributed by atoms with E-state index in [1.165, 1.54) is 6.07 Å². The molecule has 2 aromatic rings. The first-order valence-electron chi connectivity index (χ1n) is 6.37. The Morgan fingerprint density at radius 3 is 2.45 bits per heavy atom. The maximum absolute atomic E-state index is 10.7. The van der Waals surface area contributed by atoms with E-state index in [2.05, 4.69) is 11.4 Å². The molecule has 0 saturated heterocycles. The molecule has 0 aliphatic heterocycles. The van der Waals surface area contributed by atoms with Crippen LogP contribution in [0.1, 0.15) is 22.6 Å². The smallest absolute Gasteiger partial charge is 0.409 e. The predicted molar refractivity (Wildman–Crippen MR) is 86.7 cm³/mol. The van der Waals surface area contributed by atoms with Crippen LogP contribution >= 0.6 is 23.2 Å². The van der Waals surface area contributed by atoms with Crippen LogP contribution in [-0.2, 0) is 0 Å². The normalized spacial score (nSPS) is 11.5. The Labute approximate surface area is 137 Å². The molecule has 1 atom stereocenters. The number of halogens is 2. The van der Waals surface area contributed by atoms with Crippen molar-refractivity contribution in [3.8, 4) is 6.07 Å². The van der Waals surface area contributed by atoms with Crippen LogP contribution in [-0.4, -0.2) is 11.2 Å². The van der Waals surface area contributed by atoms with E-state index in [4.69, 9.17) is 28.3 Å². The van der Waals surface area contributed by atoms with Crippen LogP contribution in [0, 0.1) is 18.3 Å². The molecule has 4 nitrogen and oxygen atoms in total. The van der Waals surface area contributed by atoms with Crippen molar-refractivity contribution in [1.29, 1.82) is 5.26 Å². The van der Waals surface area contributed by atoms with Crippen molar-refractivity contribution in [2.45, 2.75) is 12.8 Å². The van der Waals surface area contributed by atoms with Gasteiger partial charge in [-0.15, -0.1) is 0 Å². The zero-order valence-corrected chi connectivity index (χ0v) is 13.1. The number of carboxylic acid groups (broad SMARTS) is 1. The van der Waals surface area contributed by atoms with Gasteiger partial charge in [0.1, 0.15) is 0 Å². The molecule has 2 aromatic carbocycles. The molecule has 2 N–H and O–H groups in total. The zero-order chi connectivity index (χ0) is 16.3. The van der Waals surface area contributed by atoms with E-state index in [0.29, 0.717) is 26.9 Å².